The molecule has 2 rings (SSSR count). The van der Waals surface area contributed by atoms with Crippen LogP contribution in [0.1, 0.15) is 12.1 Å². The molecule has 2 heterocycles. The van der Waals surface area contributed by atoms with Crippen LogP contribution < -0.4 is 4.90 Å². The Morgan fingerprint density at radius 3 is 2.80 bits per heavy atom. The predicted molar refractivity (Wildman–Crippen MR) is 56.2 cm³/mol. The number of nitrogens with zero attached hydrogens (tertiary/aromatic N) is 3. The maximum absolute atomic E-state index is 13.0. The highest BCUT2D eigenvalue weighted by molar-refractivity contribution is 9.10. The molecule has 1 saturated heterocycles. The van der Waals surface area contributed by atoms with Crippen LogP contribution in [0.25, 0.3) is 0 Å². The van der Waals surface area contributed by atoms with Gasteiger partial charge >= 0.3 is 0 Å². The van der Waals surface area contributed by atoms with E-state index in [-0.39, 0.29) is 13.0 Å². The number of aromatic nitrogens is 2. The Morgan fingerprint density at radius 1 is 1.53 bits per heavy atom. The molecule has 0 amide bonds. The molecule has 0 N–H and O–H groups in total. The zero-order valence-electron chi connectivity index (χ0n) is 8.17. The normalized spacial score (nSPS) is 19.6. The van der Waals surface area contributed by atoms with Gasteiger partial charge in [-0.05, 0) is 22.9 Å². The fraction of sp³-hybridized carbons (Fsp3) is 0.556. The van der Waals surface area contributed by atoms with E-state index in [9.17, 15) is 8.78 Å². The van der Waals surface area contributed by atoms with Gasteiger partial charge in [-0.25, -0.2) is 18.7 Å². The molecule has 6 heteroatoms. The van der Waals surface area contributed by atoms with Crippen molar-refractivity contribution >= 4 is 21.7 Å². The molecule has 82 valence electrons. The molecular weight excluding hydrogens is 268 g/mol. The second-order valence-corrected chi connectivity index (χ2v) is 4.44. The van der Waals surface area contributed by atoms with E-state index in [1.165, 1.54) is 6.20 Å². The van der Waals surface area contributed by atoms with Crippen LogP contribution in [-0.2, 0) is 0 Å². The van der Waals surface area contributed by atoms with Gasteiger partial charge in [0.1, 0.15) is 10.4 Å². The van der Waals surface area contributed by atoms with Gasteiger partial charge in [0, 0.05) is 13.0 Å². The first-order valence-corrected chi connectivity index (χ1v) is 5.39. The van der Waals surface area contributed by atoms with Crippen molar-refractivity contribution in [3.8, 4) is 0 Å². The standard InChI is InChI=1S/C9H10BrF2N3/c1-6-8(13-4-7(10)14-6)15-3-2-9(11,12)5-15/h4H,2-3,5H2,1H3. The first-order valence-electron chi connectivity index (χ1n) is 4.60. The second kappa shape index (κ2) is 3.66. The summed E-state index contributed by atoms with van der Waals surface area (Å²) in [5, 5.41) is 0. The summed E-state index contributed by atoms with van der Waals surface area (Å²) >= 11 is 3.19. The molecule has 0 bridgehead atoms. The molecule has 0 aromatic carbocycles. The SMILES string of the molecule is Cc1nc(Br)cnc1N1CCC(F)(F)C1. The first-order chi connectivity index (χ1) is 6.98. The van der Waals surface area contributed by atoms with Crippen LogP contribution in [0.15, 0.2) is 10.8 Å². The molecule has 0 saturated carbocycles. The fourth-order valence-electron chi connectivity index (χ4n) is 1.67. The number of anilines is 1. The second-order valence-electron chi connectivity index (χ2n) is 3.63. The highest BCUT2D eigenvalue weighted by Crippen LogP contribution is 2.30. The Morgan fingerprint density at radius 2 is 2.27 bits per heavy atom. The number of aryl methyl sites for hydroxylation is 1. The lowest BCUT2D eigenvalue weighted by molar-refractivity contribution is 0.0256. The zero-order valence-corrected chi connectivity index (χ0v) is 9.76. The summed E-state index contributed by atoms with van der Waals surface area (Å²) in [4.78, 5) is 9.82. The third-order valence-corrected chi connectivity index (χ3v) is 2.74. The van der Waals surface area contributed by atoms with Crippen molar-refractivity contribution in [1.82, 2.24) is 9.97 Å². The highest BCUT2D eigenvalue weighted by Gasteiger charge is 2.39. The molecule has 0 radical (unpaired) electrons. The van der Waals surface area contributed by atoms with Crippen molar-refractivity contribution in [3.05, 3.63) is 16.5 Å². The molecule has 1 aliphatic rings. The van der Waals surface area contributed by atoms with Crippen molar-refractivity contribution in [2.24, 2.45) is 0 Å². The molecule has 0 atom stereocenters. The molecule has 0 aliphatic carbocycles. The van der Waals surface area contributed by atoms with Crippen LogP contribution in [0.2, 0.25) is 0 Å². The largest absolute Gasteiger partial charge is 0.349 e. The number of alkyl halides is 2. The van der Waals surface area contributed by atoms with Gasteiger partial charge in [0.15, 0.2) is 0 Å². The fourth-order valence-corrected chi connectivity index (χ4v) is 2.04. The average molecular weight is 278 g/mol. The summed E-state index contributed by atoms with van der Waals surface area (Å²) in [5.41, 5.74) is 0.669. The molecule has 1 aromatic rings. The Hall–Kier alpha value is -0.780. The molecule has 1 fully saturated rings. The van der Waals surface area contributed by atoms with Gasteiger partial charge in [-0.15, -0.1) is 0 Å². The van der Waals surface area contributed by atoms with Crippen molar-refractivity contribution < 1.29 is 8.78 Å². The van der Waals surface area contributed by atoms with Crippen LogP contribution in [0.3, 0.4) is 0 Å². The maximum atomic E-state index is 13.0. The summed E-state index contributed by atoms with van der Waals surface area (Å²) in [6, 6.07) is 0. The Kier molecular flexibility index (Phi) is 2.62. The van der Waals surface area contributed by atoms with E-state index in [1.54, 1.807) is 11.8 Å². The van der Waals surface area contributed by atoms with Crippen molar-refractivity contribution in [2.75, 3.05) is 18.0 Å². The third kappa shape index (κ3) is 2.25. The maximum Gasteiger partial charge on any atom is 0.266 e. The average Bonchev–Trinajstić information content (AvgIpc) is 2.46. The monoisotopic (exact) mass is 277 g/mol. The summed E-state index contributed by atoms with van der Waals surface area (Å²) in [6.45, 7) is 1.85. The van der Waals surface area contributed by atoms with E-state index in [0.29, 0.717) is 22.7 Å². The minimum Gasteiger partial charge on any atom is -0.349 e. The molecular formula is C9H10BrF2N3. The zero-order chi connectivity index (χ0) is 11.1. The quantitative estimate of drug-likeness (QED) is 0.789. The number of hydrogen-bond donors (Lipinski definition) is 0. The summed E-state index contributed by atoms with van der Waals surface area (Å²) in [6.07, 6.45) is 1.42. The molecule has 15 heavy (non-hydrogen) atoms. The minimum atomic E-state index is -2.60. The molecule has 1 aliphatic heterocycles. The van der Waals surface area contributed by atoms with E-state index in [4.69, 9.17) is 0 Å². The number of hydrogen-bond acceptors (Lipinski definition) is 3. The lowest BCUT2D eigenvalue weighted by Gasteiger charge is -2.18. The Balaban J connectivity index is 2.24. The van der Waals surface area contributed by atoms with Gasteiger partial charge < -0.3 is 4.90 Å². The molecule has 0 spiro atoms. The lowest BCUT2D eigenvalue weighted by Crippen LogP contribution is -2.26. The van der Waals surface area contributed by atoms with Crippen LogP contribution >= 0.6 is 15.9 Å². The van der Waals surface area contributed by atoms with E-state index >= 15 is 0 Å². The minimum absolute atomic E-state index is 0.107. The number of rotatable bonds is 1. The van der Waals surface area contributed by atoms with Gasteiger partial charge in [0.2, 0.25) is 0 Å². The summed E-state index contributed by atoms with van der Waals surface area (Å²) in [7, 11) is 0. The predicted octanol–water partition coefficient (Wildman–Crippen LogP) is 2.39. The van der Waals surface area contributed by atoms with Crippen molar-refractivity contribution in [1.29, 1.82) is 0 Å². The van der Waals surface area contributed by atoms with Crippen LogP contribution in [0.4, 0.5) is 14.6 Å². The van der Waals surface area contributed by atoms with Gasteiger partial charge in [-0.1, -0.05) is 0 Å². The van der Waals surface area contributed by atoms with Crippen molar-refractivity contribution in [3.63, 3.8) is 0 Å². The smallest absolute Gasteiger partial charge is 0.266 e. The van der Waals surface area contributed by atoms with Gasteiger partial charge in [-0.2, -0.15) is 0 Å². The Labute approximate surface area is 94.6 Å². The van der Waals surface area contributed by atoms with E-state index in [0.717, 1.165) is 0 Å². The summed E-state index contributed by atoms with van der Waals surface area (Å²) in [5.74, 6) is -2.04. The first kappa shape index (κ1) is 10.7. The Bertz CT molecular complexity index is 384. The van der Waals surface area contributed by atoms with E-state index < -0.39 is 5.92 Å². The van der Waals surface area contributed by atoms with Gasteiger partial charge in [-0.3, -0.25) is 0 Å². The summed E-state index contributed by atoms with van der Waals surface area (Å²) < 4.78 is 26.6. The molecule has 0 unspecified atom stereocenters. The van der Waals surface area contributed by atoms with E-state index in [2.05, 4.69) is 25.9 Å². The highest BCUT2D eigenvalue weighted by atomic mass is 79.9. The number of halogens is 3. The van der Waals surface area contributed by atoms with Crippen LogP contribution in [0, 0.1) is 6.92 Å². The van der Waals surface area contributed by atoms with E-state index in [1.807, 2.05) is 0 Å². The van der Waals surface area contributed by atoms with Gasteiger partial charge in [0.25, 0.3) is 5.92 Å². The molecule has 3 nitrogen and oxygen atoms in total. The van der Waals surface area contributed by atoms with Crippen LogP contribution in [-0.4, -0.2) is 29.0 Å². The third-order valence-electron chi connectivity index (χ3n) is 2.36. The topological polar surface area (TPSA) is 29.0 Å². The van der Waals surface area contributed by atoms with Crippen LogP contribution in [0.5, 0.6) is 0 Å². The molecule has 1 aromatic heterocycles. The van der Waals surface area contributed by atoms with Crippen molar-refractivity contribution in [2.45, 2.75) is 19.3 Å². The lowest BCUT2D eigenvalue weighted by atomic mass is 10.3. The van der Waals surface area contributed by atoms with Gasteiger partial charge in [0.05, 0.1) is 18.4 Å².